The van der Waals surface area contributed by atoms with Crippen molar-refractivity contribution >= 4 is 16.3 Å². The standard InChI is InChI=1S/C12H11N5S/c1-4-13-5-2-8(1)11-15-12-17(16-11)9-3-6-14-7-10(9)18-12/h1-2,4-5,14H,3,6-7H2. The van der Waals surface area contributed by atoms with Gasteiger partial charge in [-0.3, -0.25) is 4.98 Å². The van der Waals surface area contributed by atoms with E-state index in [1.807, 2.05) is 16.6 Å². The second-order valence-corrected chi connectivity index (χ2v) is 5.33. The van der Waals surface area contributed by atoms with Crippen molar-refractivity contribution in [2.24, 2.45) is 0 Å². The molecule has 0 spiro atoms. The van der Waals surface area contributed by atoms with E-state index in [1.54, 1.807) is 23.7 Å². The van der Waals surface area contributed by atoms with E-state index < -0.39 is 0 Å². The number of fused-ring (bicyclic) bond motifs is 3. The van der Waals surface area contributed by atoms with Gasteiger partial charge in [0.2, 0.25) is 4.96 Å². The van der Waals surface area contributed by atoms with E-state index in [4.69, 9.17) is 0 Å². The van der Waals surface area contributed by atoms with Crippen LogP contribution in [-0.4, -0.2) is 26.1 Å². The summed E-state index contributed by atoms with van der Waals surface area (Å²) in [4.78, 5) is 11.0. The molecule has 0 saturated carbocycles. The Balaban J connectivity index is 1.88. The Morgan fingerprint density at radius 3 is 3.06 bits per heavy atom. The van der Waals surface area contributed by atoms with Crippen LogP contribution in [0.5, 0.6) is 0 Å². The largest absolute Gasteiger partial charge is 0.311 e. The summed E-state index contributed by atoms with van der Waals surface area (Å²) in [5.74, 6) is 0.782. The molecule has 4 heterocycles. The SMILES string of the molecule is c1cc(-c2nc3sc4c(n3n2)CCNC4)ccn1. The molecule has 1 N–H and O–H groups in total. The van der Waals surface area contributed by atoms with Gasteiger partial charge in [0, 0.05) is 42.3 Å². The van der Waals surface area contributed by atoms with Gasteiger partial charge in [0.05, 0.1) is 5.69 Å². The fourth-order valence-electron chi connectivity index (χ4n) is 2.24. The summed E-state index contributed by atoms with van der Waals surface area (Å²) in [6, 6.07) is 3.88. The number of hydrogen-bond donors (Lipinski definition) is 1. The first-order chi connectivity index (χ1) is 8.92. The Hall–Kier alpha value is -1.79. The van der Waals surface area contributed by atoms with E-state index >= 15 is 0 Å². The molecule has 3 aromatic rings. The lowest BCUT2D eigenvalue weighted by Crippen LogP contribution is -2.23. The number of pyridine rings is 1. The van der Waals surface area contributed by atoms with Crippen LogP contribution >= 0.6 is 11.3 Å². The average Bonchev–Trinajstić information content (AvgIpc) is 2.97. The van der Waals surface area contributed by atoms with E-state index in [-0.39, 0.29) is 0 Å². The second kappa shape index (κ2) is 3.86. The van der Waals surface area contributed by atoms with Crippen molar-refractivity contribution in [2.45, 2.75) is 13.0 Å². The Kier molecular flexibility index (Phi) is 2.18. The van der Waals surface area contributed by atoms with Crippen molar-refractivity contribution in [3.8, 4) is 11.4 Å². The Bertz CT molecular complexity index is 700. The highest BCUT2D eigenvalue weighted by molar-refractivity contribution is 7.17. The van der Waals surface area contributed by atoms with Crippen molar-refractivity contribution in [3.05, 3.63) is 35.1 Å². The third-order valence-corrected chi connectivity index (χ3v) is 4.21. The van der Waals surface area contributed by atoms with Crippen LogP contribution in [0, 0.1) is 0 Å². The molecular formula is C12H11N5S. The van der Waals surface area contributed by atoms with E-state index in [0.29, 0.717) is 0 Å². The van der Waals surface area contributed by atoms with Crippen molar-refractivity contribution in [3.63, 3.8) is 0 Å². The number of nitrogens with zero attached hydrogens (tertiary/aromatic N) is 4. The molecule has 0 aliphatic carbocycles. The van der Waals surface area contributed by atoms with Crippen molar-refractivity contribution < 1.29 is 0 Å². The Morgan fingerprint density at radius 2 is 2.17 bits per heavy atom. The minimum atomic E-state index is 0.782. The van der Waals surface area contributed by atoms with Gasteiger partial charge >= 0.3 is 0 Å². The molecule has 4 rings (SSSR count). The molecule has 0 fully saturated rings. The summed E-state index contributed by atoms with van der Waals surface area (Å²) >= 11 is 1.73. The molecule has 0 saturated heterocycles. The highest BCUT2D eigenvalue weighted by Gasteiger charge is 2.19. The van der Waals surface area contributed by atoms with Crippen LogP contribution in [-0.2, 0) is 13.0 Å². The van der Waals surface area contributed by atoms with Crippen LogP contribution in [0.15, 0.2) is 24.5 Å². The molecule has 3 aromatic heterocycles. The number of nitrogens with one attached hydrogen (secondary N) is 1. The molecule has 0 unspecified atom stereocenters. The van der Waals surface area contributed by atoms with Crippen molar-refractivity contribution in [1.29, 1.82) is 0 Å². The molecule has 1 aliphatic heterocycles. The van der Waals surface area contributed by atoms with Crippen LogP contribution in [0.1, 0.15) is 10.6 Å². The first-order valence-corrected chi connectivity index (χ1v) is 6.72. The first kappa shape index (κ1) is 10.2. The van der Waals surface area contributed by atoms with E-state index in [0.717, 1.165) is 35.9 Å². The quantitative estimate of drug-likeness (QED) is 0.717. The predicted molar refractivity (Wildman–Crippen MR) is 69.5 cm³/mol. The highest BCUT2D eigenvalue weighted by atomic mass is 32.1. The summed E-state index contributed by atoms with van der Waals surface area (Å²) in [7, 11) is 0. The molecular weight excluding hydrogens is 246 g/mol. The maximum absolute atomic E-state index is 4.62. The molecule has 0 bridgehead atoms. The third kappa shape index (κ3) is 1.46. The summed E-state index contributed by atoms with van der Waals surface area (Å²) in [5, 5.41) is 7.99. The lowest BCUT2D eigenvalue weighted by molar-refractivity contribution is 0.629. The third-order valence-electron chi connectivity index (χ3n) is 3.13. The molecule has 0 radical (unpaired) electrons. The van der Waals surface area contributed by atoms with E-state index in [9.17, 15) is 0 Å². The van der Waals surface area contributed by atoms with E-state index in [1.165, 1.54) is 10.6 Å². The van der Waals surface area contributed by atoms with Gasteiger partial charge in [-0.15, -0.1) is 5.10 Å². The van der Waals surface area contributed by atoms with Gasteiger partial charge in [-0.2, -0.15) is 4.98 Å². The number of thiazole rings is 1. The monoisotopic (exact) mass is 257 g/mol. The van der Waals surface area contributed by atoms with Gasteiger partial charge in [0.25, 0.3) is 0 Å². The summed E-state index contributed by atoms with van der Waals surface area (Å²) in [6.45, 7) is 1.96. The van der Waals surface area contributed by atoms with Crippen molar-refractivity contribution in [2.75, 3.05) is 6.54 Å². The molecule has 0 amide bonds. The zero-order valence-corrected chi connectivity index (χ0v) is 10.4. The number of aromatic nitrogens is 4. The average molecular weight is 257 g/mol. The van der Waals surface area contributed by atoms with E-state index in [2.05, 4.69) is 20.4 Å². The topological polar surface area (TPSA) is 55.1 Å². The lowest BCUT2D eigenvalue weighted by atomic mass is 10.2. The normalized spacial score (nSPS) is 14.9. The van der Waals surface area contributed by atoms with Gasteiger partial charge in [-0.05, 0) is 12.1 Å². The van der Waals surface area contributed by atoms with Gasteiger partial charge in [-0.1, -0.05) is 11.3 Å². The molecule has 6 heteroatoms. The lowest BCUT2D eigenvalue weighted by Gasteiger charge is -2.11. The van der Waals surface area contributed by atoms with Crippen LogP contribution in [0.25, 0.3) is 16.3 Å². The zero-order chi connectivity index (χ0) is 11.9. The fraction of sp³-hybridized carbons (Fsp3) is 0.250. The maximum atomic E-state index is 4.62. The molecule has 0 atom stereocenters. The summed E-state index contributed by atoms with van der Waals surface area (Å²) < 4.78 is 2.00. The molecule has 18 heavy (non-hydrogen) atoms. The second-order valence-electron chi connectivity index (χ2n) is 4.26. The summed E-state index contributed by atoms with van der Waals surface area (Å²) in [6.07, 6.45) is 4.56. The van der Waals surface area contributed by atoms with Crippen LogP contribution in [0.4, 0.5) is 0 Å². The summed E-state index contributed by atoms with van der Waals surface area (Å²) in [5.41, 5.74) is 2.32. The van der Waals surface area contributed by atoms with Crippen molar-refractivity contribution in [1.82, 2.24) is 24.9 Å². The van der Waals surface area contributed by atoms with Gasteiger partial charge in [0.15, 0.2) is 5.82 Å². The predicted octanol–water partition coefficient (Wildman–Crippen LogP) is 1.50. The number of hydrogen-bond acceptors (Lipinski definition) is 5. The number of rotatable bonds is 1. The first-order valence-electron chi connectivity index (χ1n) is 5.90. The van der Waals surface area contributed by atoms with Gasteiger partial charge in [-0.25, -0.2) is 4.52 Å². The zero-order valence-electron chi connectivity index (χ0n) is 9.63. The van der Waals surface area contributed by atoms with Gasteiger partial charge in [0.1, 0.15) is 0 Å². The highest BCUT2D eigenvalue weighted by Crippen LogP contribution is 2.26. The van der Waals surface area contributed by atoms with Crippen LogP contribution in [0.2, 0.25) is 0 Å². The van der Waals surface area contributed by atoms with Gasteiger partial charge < -0.3 is 5.32 Å². The molecule has 0 aromatic carbocycles. The minimum absolute atomic E-state index is 0.782. The Labute approximate surface area is 108 Å². The molecule has 1 aliphatic rings. The smallest absolute Gasteiger partial charge is 0.213 e. The minimum Gasteiger partial charge on any atom is -0.311 e. The molecule has 5 nitrogen and oxygen atoms in total. The maximum Gasteiger partial charge on any atom is 0.213 e. The van der Waals surface area contributed by atoms with Crippen LogP contribution < -0.4 is 5.32 Å². The molecule has 90 valence electrons. The van der Waals surface area contributed by atoms with Crippen LogP contribution in [0.3, 0.4) is 0 Å². The fourth-order valence-corrected chi connectivity index (χ4v) is 3.31. The Morgan fingerprint density at radius 1 is 1.28 bits per heavy atom.